The van der Waals surface area contributed by atoms with Crippen LogP contribution in [0.2, 0.25) is 0 Å². The van der Waals surface area contributed by atoms with E-state index in [0.29, 0.717) is 29.1 Å². The molecule has 4 rings (SSSR count). The number of amides is 1. The number of anilines is 1. The number of benzene rings is 2. The maximum Gasteiger partial charge on any atom is 0.586 e. The number of hydrogen-bond donors (Lipinski definition) is 1. The molecule has 8 heteroatoms. The summed E-state index contributed by atoms with van der Waals surface area (Å²) in [6.07, 6.45) is -3.00. The molecule has 2 heterocycles. The van der Waals surface area contributed by atoms with Crippen molar-refractivity contribution in [3.8, 4) is 22.6 Å². The highest BCUT2D eigenvalue weighted by Crippen LogP contribution is 2.44. The molecule has 32 heavy (non-hydrogen) atoms. The van der Waals surface area contributed by atoms with Crippen LogP contribution in [0.5, 0.6) is 11.5 Å². The zero-order chi connectivity index (χ0) is 23.2. The number of nitrogens with zero attached hydrogens (tertiary/aromatic N) is 1. The van der Waals surface area contributed by atoms with E-state index in [9.17, 15) is 13.6 Å². The molecule has 1 aromatic heterocycles. The lowest BCUT2D eigenvalue weighted by Crippen LogP contribution is -2.25. The molecule has 1 amide bonds. The van der Waals surface area contributed by atoms with Gasteiger partial charge in [-0.25, -0.2) is 0 Å². The lowest BCUT2D eigenvalue weighted by molar-refractivity contribution is -0.286. The zero-order valence-electron chi connectivity index (χ0n) is 18.5. The van der Waals surface area contributed by atoms with E-state index in [2.05, 4.69) is 19.9 Å². The Morgan fingerprint density at radius 1 is 1.12 bits per heavy atom. The van der Waals surface area contributed by atoms with Crippen LogP contribution >= 0.6 is 0 Å². The Hall–Kier alpha value is -3.42. The fourth-order valence-electron chi connectivity index (χ4n) is 3.83. The first-order valence-corrected chi connectivity index (χ1v) is 10.4. The minimum atomic E-state index is -3.66. The van der Waals surface area contributed by atoms with E-state index in [1.165, 1.54) is 6.07 Å². The third-order valence-electron chi connectivity index (χ3n) is 5.43. The monoisotopic (exact) mass is 442 g/mol. The summed E-state index contributed by atoms with van der Waals surface area (Å²) in [6, 6.07) is 8.66. The summed E-state index contributed by atoms with van der Waals surface area (Å²) in [5.74, 6) is 0.293. The van der Waals surface area contributed by atoms with Crippen LogP contribution in [-0.4, -0.2) is 17.4 Å². The van der Waals surface area contributed by atoms with Gasteiger partial charge in [-0.1, -0.05) is 32.0 Å². The van der Waals surface area contributed by atoms with Crippen LogP contribution in [0.3, 0.4) is 0 Å². The van der Waals surface area contributed by atoms with E-state index in [1.54, 1.807) is 13.0 Å². The lowest BCUT2D eigenvalue weighted by Gasteiger charge is -2.14. The molecular weight excluding hydrogens is 418 g/mol. The first-order valence-electron chi connectivity index (χ1n) is 10.4. The molecule has 1 N–H and O–H groups in total. The Morgan fingerprint density at radius 3 is 2.47 bits per heavy atom. The summed E-state index contributed by atoms with van der Waals surface area (Å²) >= 11 is 0. The Morgan fingerprint density at radius 2 is 1.81 bits per heavy atom. The third-order valence-corrected chi connectivity index (χ3v) is 5.43. The SMILES string of the molecule is CCc1cc(-c2cc3c(cc2C)OC(F)(F)O3)ccc1NC(=O)c1c(C)noc1C(C)C. The second kappa shape index (κ2) is 7.93. The molecule has 6 nitrogen and oxygen atoms in total. The van der Waals surface area contributed by atoms with E-state index in [1.807, 2.05) is 45.9 Å². The zero-order valence-corrected chi connectivity index (χ0v) is 18.5. The smallest absolute Gasteiger partial charge is 0.395 e. The number of nitrogens with one attached hydrogen (secondary N) is 1. The summed E-state index contributed by atoms with van der Waals surface area (Å²) in [6.45, 7) is 9.41. The van der Waals surface area contributed by atoms with Gasteiger partial charge < -0.3 is 19.3 Å². The van der Waals surface area contributed by atoms with Gasteiger partial charge >= 0.3 is 6.29 Å². The van der Waals surface area contributed by atoms with Gasteiger partial charge in [0, 0.05) is 11.6 Å². The van der Waals surface area contributed by atoms with Crippen molar-refractivity contribution < 1.29 is 27.6 Å². The highest BCUT2D eigenvalue weighted by molar-refractivity contribution is 6.06. The number of hydrogen-bond acceptors (Lipinski definition) is 5. The number of carbonyl (C=O) groups is 1. The van der Waals surface area contributed by atoms with Crippen molar-refractivity contribution >= 4 is 11.6 Å². The van der Waals surface area contributed by atoms with E-state index in [-0.39, 0.29) is 23.3 Å². The molecular formula is C24H24F2N2O4. The molecule has 0 aliphatic carbocycles. The first kappa shape index (κ1) is 21.8. The number of aromatic nitrogens is 1. The number of ether oxygens (including phenoxy) is 2. The molecule has 0 radical (unpaired) electrons. The summed E-state index contributed by atoms with van der Waals surface area (Å²) < 4.78 is 41.3. The average molecular weight is 442 g/mol. The average Bonchev–Trinajstić information content (AvgIpc) is 3.25. The minimum absolute atomic E-state index is 0.00447. The second-order valence-electron chi connectivity index (χ2n) is 8.12. The van der Waals surface area contributed by atoms with Gasteiger partial charge in [0.2, 0.25) is 0 Å². The van der Waals surface area contributed by atoms with Crippen molar-refractivity contribution in [1.29, 1.82) is 0 Å². The molecule has 0 fully saturated rings. The molecule has 0 saturated heterocycles. The van der Waals surface area contributed by atoms with Gasteiger partial charge in [0.05, 0.1) is 5.69 Å². The minimum Gasteiger partial charge on any atom is -0.395 e. The van der Waals surface area contributed by atoms with Crippen molar-refractivity contribution in [1.82, 2.24) is 5.16 Å². The van der Waals surface area contributed by atoms with Crippen LogP contribution in [0.4, 0.5) is 14.5 Å². The van der Waals surface area contributed by atoms with Crippen LogP contribution in [0.1, 0.15) is 59.6 Å². The van der Waals surface area contributed by atoms with E-state index in [0.717, 1.165) is 22.3 Å². The Bertz CT molecular complexity index is 1200. The lowest BCUT2D eigenvalue weighted by atomic mass is 9.96. The summed E-state index contributed by atoms with van der Waals surface area (Å²) in [5, 5.41) is 6.90. The second-order valence-corrected chi connectivity index (χ2v) is 8.12. The molecule has 0 atom stereocenters. The molecule has 0 unspecified atom stereocenters. The predicted octanol–water partition coefficient (Wildman–Crippen LogP) is 6.22. The molecule has 0 bridgehead atoms. The maximum atomic E-state index is 13.4. The number of fused-ring (bicyclic) bond motifs is 1. The maximum absolute atomic E-state index is 13.4. The Labute approximate surface area is 184 Å². The number of halogens is 2. The Balaban J connectivity index is 1.65. The normalized spacial score (nSPS) is 14.1. The van der Waals surface area contributed by atoms with Gasteiger partial charge in [-0.2, -0.15) is 0 Å². The van der Waals surface area contributed by atoms with E-state index in [4.69, 9.17) is 4.52 Å². The molecule has 1 aliphatic heterocycles. The molecule has 168 valence electrons. The topological polar surface area (TPSA) is 73.6 Å². The van der Waals surface area contributed by atoms with Crippen LogP contribution in [-0.2, 0) is 6.42 Å². The van der Waals surface area contributed by atoms with Gasteiger partial charge in [0.15, 0.2) is 17.3 Å². The van der Waals surface area contributed by atoms with Crippen molar-refractivity contribution in [3.63, 3.8) is 0 Å². The quantitative estimate of drug-likeness (QED) is 0.508. The van der Waals surface area contributed by atoms with Gasteiger partial charge in [0.1, 0.15) is 5.56 Å². The Kier molecular flexibility index (Phi) is 5.40. The fourth-order valence-corrected chi connectivity index (χ4v) is 3.83. The summed E-state index contributed by atoms with van der Waals surface area (Å²) in [5.41, 5.74) is 4.88. The van der Waals surface area contributed by atoms with Crippen LogP contribution < -0.4 is 14.8 Å². The highest BCUT2D eigenvalue weighted by Gasteiger charge is 2.43. The van der Waals surface area contributed by atoms with Crippen LogP contribution in [0, 0.1) is 13.8 Å². The summed E-state index contributed by atoms with van der Waals surface area (Å²) in [7, 11) is 0. The van der Waals surface area contributed by atoms with Gasteiger partial charge in [-0.3, -0.25) is 4.79 Å². The molecule has 0 saturated carbocycles. The molecule has 0 spiro atoms. The first-order chi connectivity index (χ1) is 15.1. The number of alkyl halides is 2. The van der Waals surface area contributed by atoms with Crippen LogP contribution in [0.25, 0.3) is 11.1 Å². The standard InChI is InChI=1S/C24H24F2N2O4/c1-6-15-10-16(17-11-20-19(9-13(17)4)30-24(25,26)31-20)7-8-18(15)27-23(29)21-14(5)28-32-22(21)12(2)3/h7-12H,6H2,1-5H3,(H,27,29). The van der Waals surface area contributed by atoms with Crippen molar-refractivity contribution in [2.45, 2.75) is 53.3 Å². The largest absolute Gasteiger partial charge is 0.586 e. The molecule has 3 aromatic rings. The number of carbonyl (C=O) groups excluding carboxylic acids is 1. The van der Waals surface area contributed by atoms with Gasteiger partial charge in [-0.15, -0.1) is 8.78 Å². The van der Waals surface area contributed by atoms with Gasteiger partial charge in [-0.05, 0) is 66.8 Å². The van der Waals surface area contributed by atoms with E-state index >= 15 is 0 Å². The molecule has 1 aliphatic rings. The molecule has 2 aromatic carbocycles. The fraction of sp³-hybridized carbons (Fsp3) is 0.333. The van der Waals surface area contributed by atoms with Crippen molar-refractivity contribution in [2.24, 2.45) is 0 Å². The van der Waals surface area contributed by atoms with Crippen molar-refractivity contribution in [2.75, 3.05) is 5.32 Å². The summed E-state index contributed by atoms with van der Waals surface area (Å²) in [4.78, 5) is 13.0. The third kappa shape index (κ3) is 3.92. The van der Waals surface area contributed by atoms with Crippen LogP contribution in [0.15, 0.2) is 34.9 Å². The number of rotatable bonds is 5. The van der Waals surface area contributed by atoms with E-state index < -0.39 is 6.29 Å². The highest BCUT2D eigenvalue weighted by atomic mass is 19.3. The number of aryl methyl sites for hydroxylation is 3. The van der Waals surface area contributed by atoms with Crippen molar-refractivity contribution in [3.05, 3.63) is 58.5 Å². The predicted molar refractivity (Wildman–Crippen MR) is 115 cm³/mol. The van der Waals surface area contributed by atoms with Gasteiger partial charge in [0.25, 0.3) is 5.91 Å².